The van der Waals surface area contributed by atoms with Gasteiger partial charge in [0.2, 0.25) is 0 Å². The Bertz CT molecular complexity index is 1700. The Hall–Kier alpha value is -5.21. The van der Waals surface area contributed by atoms with Crippen molar-refractivity contribution in [3.63, 3.8) is 0 Å². The summed E-state index contributed by atoms with van der Waals surface area (Å²) in [5, 5.41) is 8.52. The SMILES string of the molecule is O=C(COc1ccc(/C=C/c2ccc(Cl)cc2)cc1)NC(Cc1c[nH]c2ccccc12)C(=O)N/N=C/c1ccncc1. The van der Waals surface area contributed by atoms with E-state index in [4.69, 9.17) is 16.3 Å². The molecule has 0 saturated heterocycles. The van der Waals surface area contributed by atoms with E-state index in [1.165, 1.54) is 6.21 Å². The third kappa shape index (κ3) is 7.93. The first-order valence-electron chi connectivity index (χ1n) is 13.3. The molecule has 0 aliphatic carbocycles. The zero-order chi connectivity index (χ0) is 29.1. The van der Waals surface area contributed by atoms with Crippen molar-refractivity contribution < 1.29 is 14.3 Å². The van der Waals surface area contributed by atoms with Crippen LogP contribution in [0, 0.1) is 0 Å². The van der Waals surface area contributed by atoms with Crippen molar-refractivity contribution in [3.05, 3.63) is 131 Å². The van der Waals surface area contributed by atoms with Crippen LogP contribution < -0.4 is 15.5 Å². The van der Waals surface area contributed by atoms with Crippen LogP contribution in [0.15, 0.2) is 109 Å². The molecule has 2 aromatic heterocycles. The van der Waals surface area contributed by atoms with Crippen molar-refractivity contribution in [2.75, 3.05) is 6.61 Å². The van der Waals surface area contributed by atoms with E-state index < -0.39 is 17.9 Å². The number of carbonyl (C=O) groups is 2. The predicted molar refractivity (Wildman–Crippen MR) is 166 cm³/mol. The van der Waals surface area contributed by atoms with Crippen molar-refractivity contribution in [3.8, 4) is 5.75 Å². The van der Waals surface area contributed by atoms with Gasteiger partial charge < -0.3 is 15.0 Å². The van der Waals surface area contributed by atoms with Gasteiger partial charge >= 0.3 is 0 Å². The fourth-order valence-corrected chi connectivity index (χ4v) is 4.38. The van der Waals surface area contributed by atoms with E-state index in [1.54, 1.807) is 36.7 Å². The van der Waals surface area contributed by atoms with E-state index in [0.29, 0.717) is 10.8 Å². The molecule has 1 unspecified atom stereocenters. The van der Waals surface area contributed by atoms with Crippen molar-refractivity contribution in [1.29, 1.82) is 0 Å². The maximum absolute atomic E-state index is 13.1. The third-order valence-electron chi connectivity index (χ3n) is 6.43. The molecule has 0 aliphatic heterocycles. The standard InChI is InChI=1S/C33H28ClN5O3/c34-27-11-7-23(8-12-27)5-6-24-9-13-28(14-10-24)42-22-32(40)38-31(19-26-21-36-30-4-2-1-3-29(26)30)33(41)39-37-20-25-15-17-35-18-16-25/h1-18,20-21,31,36H,19,22H2,(H,38,40)(H,39,41)/b6-5+,37-20+. The molecule has 42 heavy (non-hydrogen) atoms. The largest absolute Gasteiger partial charge is 0.484 e. The number of fused-ring (bicyclic) bond motifs is 1. The topological polar surface area (TPSA) is 108 Å². The van der Waals surface area contributed by atoms with E-state index in [1.807, 2.05) is 79.0 Å². The van der Waals surface area contributed by atoms with Crippen molar-refractivity contribution >= 4 is 52.7 Å². The molecule has 3 aromatic carbocycles. The average Bonchev–Trinajstić information content (AvgIpc) is 3.43. The number of hydrogen-bond acceptors (Lipinski definition) is 5. The molecule has 5 aromatic rings. The van der Waals surface area contributed by atoms with E-state index in [9.17, 15) is 9.59 Å². The molecule has 2 heterocycles. The van der Waals surface area contributed by atoms with Gasteiger partial charge in [-0.15, -0.1) is 0 Å². The maximum Gasteiger partial charge on any atom is 0.262 e. The Labute approximate surface area is 248 Å². The van der Waals surface area contributed by atoms with Crippen LogP contribution in [0.1, 0.15) is 22.3 Å². The number of nitrogens with zero attached hydrogens (tertiary/aromatic N) is 2. The summed E-state index contributed by atoms with van der Waals surface area (Å²) in [6.45, 7) is -0.252. The molecule has 0 bridgehead atoms. The van der Waals surface area contributed by atoms with Gasteiger partial charge in [0.25, 0.3) is 11.8 Å². The zero-order valence-corrected chi connectivity index (χ0v) is 23.3. The summed E-state index contributed by atoms with van der Waals surface area (Å²) >= 11 is 5.94. The molecule has 3 N–H and O–H groups in total. The van der Waals surface area contributed by atoms with Crippen LogP contribution in [-0.2, 0) is 16.0 Å². The number of aromatic amines is 1. The summed E-state index contributed by atoms with van der Waals surface area (Å²) in [5.41, 5.74) is 7.17. The van der Waals surface area contributed by atoms with E-state index in [2.05, 4.69) is 25.8 Å². The number of ether oxygens (including phenoxy) is 1. The lowest BCUT2D eigenvalue weighted by Gasteiger charge is -2.17. The highest BCUT2D eigenvalue weighted by Gasteiger charge is 2.23. The van der Waals surface area contributed by atoms with Crippen LogP contribution in [0.25, 0.3) is 23.1 Å². The number of para-hydroxylation sites is 1. The second kappa shape index (κ2) is 13.9. The number of hydrazone groups is 1. The number of H-pyrrole nitrogens is 1. The average molecular weight is 578 g/mol. The lowest BCUT2D eigenvalue weighted by Crippen LogP contribution is -2.48. The second-order valence-corrected chi connectivity index (χ2v) is 9.88. The Balaban J connectivity index is 1.20. The number of amides is 2. The van der Waals surface area contributed by atoms with Gasteiger partial charge in [-0.3, -0.25) is 14.6 Å². The monoisotopic (exact) mass is 577 g/mol. The lowest BCUT2D eigenvalue weighted by molar-refractivity contribution is -0.130. The Morgan fingerprint density at radius 3 is 2.33 bits per heavy atom. The molecule has 2 amide bonds. The molecular formula is C33H28ClN5O3. The van der Waals surface area contributed by atoms with E-state index in [-0.39, 0.29) is 13.0 Å². The zero-order valence-electron chi connectivity index (χ0n) is 22.5. The highest BCUT2D eigenvalue weighted by atomic mass is 35.5. The van der Waals surface area contributed by atoms with Gasteiger partial charge in [-0.2, -0.15) is 5.10 Å². The summed E-state index contributed by atoms with van der Waals surface area (Å²) < 4.78 is 5.70. The second-order valence-electron chi connectivity index (χ2n) is 9.44. The normalized spacial score (nSPS) is 12.0. The van der Waals surface area contributed by atoms with Gasteiger partial charge in [-0.05, 0) is 64.7 Å². The first-order chi connectivity index (χ1) is 20.5. The first-order valence-corrected chi connectivity index (χ1v) is 13.6. The number of pyridine rings is 1. The number of carbonyl (C=O) groups excluding carboxylic acids is 2. The van der Waals surface area contributed by atoms with E-state index in [0.717, 1.165) is 33.2 Å². The maximum atomic E-state index is 13.1. The number of nitrogens with one attached hydrogen (secondary N) is 3. The molecule has 210 valence electrons. The molecule has 0 fully saturated rings. The molecule has 5 rings (SSSR count). The summed E-state index contributed by atoms with van der Waals surface area (Å²) in [5.74, 6) is -0.344. The first kappa shape index (κ1) is 28.3. The Kier molecular flexibility index (Phi) is 9.39. The summed E-state index contributed by atoms with van der Waals surface area (Å²) in [6.07, 6.45) is 10.9. The van der Waals surface area contributed by atoms with Crippen LogP contribution in [0.5, 0.6) is 5.75 Å². The van der Waals surface area contributed by atoms with Gasteiger partial charge in [0, 0.05) is 40.9 Å². The van der Waals surface area contributed by atoms with Gasteiger partial charge in [-0.1, -0.05) is 66.2 Å². The van der Waals surface area contributed by atoms with Crippen molar-refractivity contribution in [2.24, 2.45) is 5.10 Å². The van der Waals surface area contributed by atoms with Gasteiger partial charge in [-0.25, -0.2) is 5.43 Å². The molecule has 0 radical (unpaired) electrons. The van der Waals surface area contributed by atoms with Crippen LogP contribution in [0.3, 0.4) is 0 Å². The number of hydrogen-bond donors (Lipinski definition) is 3. The predicted octanol–water partition coefficient (Wildman–Crippen LogP) is 5.64. The Morgan fingerprint density at radius 1 is 0.905 bits per heavy atom. The summed E-state index contributed by atoms with van der Waals surface area (Å²) in [6, 6.07) is 25.4. The molecule has 0 spiro atoms. The van der Waals surface area contributed by atoms with Gasteiger partial charge in [0.05, 0.1) is 6.21 Å². The number of halogens is 1. The minimum Gasteiger partial charge on any atom is -0.484 e. The minimum atomic E-state index is -0.879. The molecule has 1 atom stereocenters. The fraction of sp³-hybridized carbons (Fsp3) is 0.0909. The molecular weight excluding hydrogens is 550 g/mol. The number of aromatic nitrogens is 2. The smallest absolute Gasteiger partial charge is 0.262 e. The van der Waals surface area contributed by atoms with E-state index >= 15 is 0 Å². The van der Waals surface area contributed by atoms with Crippen LogP contribution >= 0.6 is 11.6 Å². The molecule has 0 saturated carbocycles. The van der Waals surface area contributed by atoms with Crippen molar-refractivity contribution in [1.82, 2.24) is 20.7 Å². The molecule has 9 heteroatoms. The fourth-order valence-electron chi connectivity index (χ4n) is 4.25. The highest BCUT2D eigenvalue weighted by molar-refractivity contribution is 6.30. The van der Waals surface area contributed by atoms with Crippen LogP contribution in [0.2, 0.25) is 5.02 Å². The summed E-state index contributed by atoms with van der Waals surface area (Å²) in [7, 11) is 0. The molecule has 8 nitrogen and oxygen atoms in total. The van der Waals surface area contributed by atoms with Crippen LogP contribution in [-0.4, -0.2) is 40.6 Å². The number of rotatable bonds is 11. The number of benzene rings is 3. The van der Waals surface area contributed by atoms with Crippen molar-refractivity contribution in [2.45, 2.75) is 12.5 Å². The van der Waals surface area contributed by atoms with Gasteiger partial charge in [0.1, 0.15) is 11.8 Å². The Morgan fingerprint density at radius 2 is 1.60 bits per heavy atom. The van der Waals surface area contributed by atoms with Crippen LogP contribution in [0.4, 0.5) is 0 Å². The highest BCUT2D eigenvalue weighted by Crippen LogP contribution is 2.20. The van der Waals surface area contributed by atoms with Gasteiger partial charge in [0.15, 0.2) is 6.61 Å². The lowest BCUT2D eigenvalue weighted by atomic mass is 10.0. The molecule has 0 aliphatic rings. The third-order valence-corrected chi connectivity index (χ3v) is 6.69. The quantitative estimate of drug-likeness (QED) is 0.107. The minimum absolute atomic E-state index is 0.252. The summed E-state index contributed by atoms with van der Waals surface area (Å²) in [4.78, 5) is 33.2.